The summed E-state index contributed by atoms with van der Waals surface area (Å²) in [5, 5.41) is 13.6. The predicted octanol–water partition coefficient (Wildman–Crippen LogP) is 6.37. The number of carbonyl (C=O) groups excluding carboxylic acids is 2. The minimum atomic E-state index is -4.92. The molecule has 0 aliphatic rings. The van der Waals surface area contributed by atoms with Crippen LogP contribution in [0.4, 0.5) is 27.6 Å². The molecule has 41 heavy (non-hydrogen) atoms. The summed E-state index contributed by atoms with van der Waals surface area (Å²) >= 11 is 0. The van der Waals surface area contributed by atoms with Crippen LogP contribution in [0.1, 0.15) is 59.5 Å². The maximum atomic E-state index is 14.4. The van der Waals surface area contributed by atoms with E-state index in [2.05, 4.69) is 15.4 Å². The Kier molecular flexibility index (Phi) is 10.4. The third kappa shape index (κ3) is 9.02. The number of aliphatic carboxylic acids is 1. The van der Waals surface area contributed by atoms with Crippen LogP contribution < -0.4 is 15.4 Å². The van der Waals surface area contributed by atoms with Crippen LogP contribution in [0.25, 0.3) is 0 Å². The van der Waals surface area contributed by atoms with Crippen LogP contribution in [-0.4, -0.2) is 35.8 Å². The van der Waals surface area contributed by atoms with Gasteiger partial charge < -0.3 is 20.5 Å². The van der Waals surface area contributed by atoms with Gasteiger partial charge in [-0.15, -0.1) is 13.2 Å². The predicted molar refractivity (Wildman–Crippen MR) is 140 cm³/mol. The van der Waals surface area contributed by atoms with Gasteiger partial charge in [-0.2, -0.15) is 0 Å². The average Bonchev–Trinajstić information content (AvgIpc) is 2.90. The Hall–Kier alpha value is -4.48. The summed E-state index contributed by atoms with van der Waals surface area (Å²) in [5.41, 5.74) is 0.735. The fraction of sp³-hybridized carbons (Fsp3) is 0.276. The van der Waals surface area contributed by atoms with Gasteiger partial charge in [-0.3, -0.25) is 14.4 Å². The van der Waals surface area contributed by atoms with Crippen molar-refractivity contribution in [2.75, 3.05) is 11.9 Å². The molecule has 0 saturated heterocycles. The van der Waals surface area contributed by atoms with Crippen molar-refractivity contribution in [3.63, 3.8) is 0 Å². The third-order valence-electron chi connectivity index (χ3n) is 6.17. The second-order valence-corrected chi connectivity index (χ2v) is 9.12. The molecule has 3 rings (SSSR count). The Morgan fingerprint density at radius 3 is 2.15 bits per heavy atom. The Labute approximate surface area is 232 Å². The summed E-state index contributed by atoms with van der Waals surface area (Å²) in [6.45, 7) is 1.79. The van der Waals surface area contributed by atoms with Crippen molar-refractivity contribution in [3.8, 4) is 5.75 Å². The number of carboxylic acids is 1. The molecule has 0 aliphatic heterocycles. The quantitative estimate of drug-likeness (QED) is 0.217. The fourth-order valence-electron chi connectivity index (χ4n) is 4.35. The first-order chi connectivity index (χ1) is 19.4. The number of ether oxygens (including phenoxy) is 1. The second kappa shape index (κ2) is 13.7. The number of amides is 2. The molecule has 0 bridgehead atoms. The van der Waals surface area contributed by atoms with E-state index in [0.717, 1.165) is 30.3 Å². The number of halogens is 5. The number of benzene rings is 3. The van der Waals surface area contributed by atoms with Crippen LogP contribution in [-0.2, 0) is 9.59 Å². The molecule has 2 amide bonds. The van der Waals surface area contributed by atoms with E-state index in [-0.39, 0.29) is 18.5 Å². The maximum absolute atomic E-state index is 14.4. The van der Waals surface area contributed by atoms with Gasteiger partial charge in [0.25, 0.3) is 5.91 Å². The Balaban J connectivity index is 1.97. The first kappa shape index (κ1) is 31.1. The van der Waals surface area contributed by atoms with E-state index in [0.29, 0.717) is 24.0 Å². The summed E-state index contributed by atoms with van der Waals surface area (Å²) in [6.07, 6.45) is -4.18. The summed E-state index contributed by atoms with van der Waals surface area (Å²) in [6, 6.07) is 13.5. The van der Waals surface area contributed by atoms with Crippen molar-refractivity contribution in [1.82, 2.24) is 5.32 Å². The molecule has 218 valence electrons. The largest absolute Gasteiger partial charge is 0.573 e. The zero-order chi connectivity index (χ0) is 30.2. The second-order valence-electron chi connectivity index (χ2n) is 9.12. The van der Waals surface area contributed by atoms with Crippen molar-refractivity contribution in [1.29, 1.82) is 0 Å². The number of nitrogens with one attached hydrogen (secondary N) is 2. The highest BCUT2D eigenvalue weighted by atomic mass is 19.4. The van der Waals surface area contributed by atoms with E-state index in [4.69, 9.17) is 5.11 Å². The van der Waals surface area contributed by atoms with Gasteiger partial charge in [0.1, 0.15) is 17.4 Å². The van der Waals surface area contributed by atoms with Crippen molar-refractivity contribution >= 4 is 23.5 Å². The number of anilines is 1. The topological polar surface area (TPSA) is 105 Å². The van der Waals surface area contributed by atoms with Crippen molar-refractivity contribution < 1.29 is 46.2 Å². The monoisotopic (exact) mass is 578 g/mol. The molecule has 3 aromatic rings. The average molecular weight is 579 g/mol. The molecule has 0 fully saturated rings. The van der Waals surface area contributed by atoms with Crippen LogP contribution in [0.2, 0.25) is 0 Å². The summed E-state index contributed by atoms with van der Waals surface area (Å²) in [4.78, 5) is 36.7. The van der Waals surface area contributed by atoms with Crippen molar-refractivity contribution in [3.05, 3.63) is 95.1 Å². The number of carboxylic acid groups (broad SMARTS) is 1. The number of alkyl halides is 3. The van der Waals surface area contributed by atoms with Gasteiger partial charge >= 0.3 is 12.3 Å². The van der Waals surface area contributed by atoms with Gasteiger partial charge in [-0.05, 0) is 59.9 Å². The van der Waals surface area contributed by atoms with Gasteiger partial charge in [0.15, 0.2) is 0 Å². The highest BCUT2D eigenvalue weighted by molar-refractivity contribution is 5.97. The molecular weight excluding hydrogens is 551 g/mol. The smallest absolute Gasteiger partial charge is 0.481 e. The fourth-order valence-corrected chi connectivity index (χ4v) is 4.35. The van der Waals surface area contributed by atoms with Gasteiger partial charge in [0.2, 0.25) is 5.91 Å². The Morgan fingerprint density at radius 2 is 1.56 bits per heavy atom. The summed E-state index contributed by atoms with van der Waals surface area (Å²) < 4.78 is 70.1. The first-order valence-corrected chi connectivity index (χ1v) is 12.6. The van der Waals surface area contributed by atoms with E-state index in [1.54, 1.807) is 12.1 Å². The molecule has 3 N–H and O–H groups in total. The molecule has 12 heteroatoms. The molecular formula is C29H27F5N2O5. The van der Waals surface area contributed by atoms with Crippen LogP contribution in [0.5, 0.6) is 5.75 Å². The lowest BCUT2D eigenvalue weighted by Crippen LogP contribution is -2.28. The minimum absolute atomic E-state index is 0.0681. The lowest BCUT2D eigenvalue weighted by molar-refractivity contribution is -0.274. The van der Waals surface area contributed by atoms with E-state index in [9.17, 15) is 36.3 Å². The van der Waals surface area contributed by atoms with Crippen LogP contribution in [0.3, 0.4) is 0 Å². The molecule has 0 radical (unpaired) electrons. The molecule has 0 spiro atoms. The Morgan fingerprint density at radius 1 is 0.927 bits per heavy atom. The SMILES string of the molecule is CCCC(c1ccc(C(=O)NCCC(=O)O)cc1)C(C(=O)Nc1cc(F)ccc1F)c1ccc(OC(F)(F)F)cc1. The number of hydrogen-bond donors (Lipinski definition) is 3. The summed E-state index contributed by atoms with van der Waals surface area (Å²) in [5.74, 6) is -6.10. The molecule has 0 aromatic heterocycles. The highest BCUT2D eigenvalue weighted by Gasteiger charge is 2.33. The molecule has 7 nitrogen and oxygen atoms in total. The number of rotatable bonds is 12. The first-order valence-electron chi connectivity index (χ1n) is 12.6. The van der Waals surface area contributed by atoms with Crippen molar-refractivity contribution in [2.24, 2.45) is 0 Å². The van der Waals surface area contributed by atoms with E-state index in [1.165, 1.54) is 24.3 Å². The Bertz CT molecular complexity index is 1360. The van der Waals surface area contributed by atoms with Crippen molar-refractivity contribution in [2.45, 2.75) is 44.4 Å². The summed E-state index contributed by atoms with van der Waals surface area (Å²) in [7, 11) is 0. The van der Waals surface area contributed by atoms with Gasteiger partial charge in [0.05, 0.1) is 18.0 Å². The van der Waals surface area contributed by atoms with Gasteiger partial charge in [0, 0.05) is 18.2 Å². The third-order valence-corrected chi connectivity index (χ3v) is 6.17. The number of carbonyl (C=O) groups is 3. The van der Waals surface area contributed by atoms with Crippen LogP contribution in [0.15, 0.2) is 66.7 Å². The number of hydrogen-bond acceptors (Lipinski definition) is 4. The highest BCUT2D eigenvalue weighted by Crippen LogP contribution is 2.39. The van der Waals surface area contributed by atoms with Gasteiger partial charge in [-0.25, -0.2) is 8.78 Å². The molecule has 3 aromatic carbocycles. The molecule has 2 unspecified atom stereocenters. The van der Waals surface area contributed by atoms with E-state index in [1.807, 2.05) is 6.92 Å². The maximum Gasteiger partial charge on any atom is 0.573 e. The lowest BCUT2D eigenvalue weighted by atomic mass is 9.78. The normalized spacial score (nSPS) is 12.7. The molecule has 2 atom stereocenters. The zero-order valence-electron chi connectivity index (χ0n) is 21.8. The van der Waals surface area contributed by atoms with Gasteiger partial charge in [-0.1, -0.05) is 37.6 Å². The van der Waals surface area contributed by atoms with E-state index < -0.39 is 59.1 Å². The van der Waals surface area contributed by atoms with Crippen LogP contribution in [0, 0.1) is 11.6 Å². The standard InChI is InChI=1S/C29H27F5N2O5/c1-2-3-22(17-4-6-19(7-5-17)27(39)35-15-14-25(37)38)26(18-8-11-21(12-9-18)41-29(32,33)34)28(40)36-24-16-20(30)10-13-23(24)31/h4-13,16,22,26H,2-3,14-15H2,1H3,(H,35,39)(H,36,40)(H,37,38). The van der Waals surface area contributed by atoms with E-state index >= 15 is 0 Å². The molecule has 0 saturated carbocycles. The molecule has 0 aliphatic carbocycles. The minimum Gasteiger partial charge on any atom is -0.481 e. The lowest BCUT2D eigenvalue weighted by Gasteiger charge is -2.28. The van der Waals surface area contributed by atoms with Crippen LogP contribution >= 0.6 is 0 Å². The molecule has 0 heterocycles. The zero-order valence-corrected chi connectivity index (χ0v) is 21.8.